The van der Waals surface area contributed by atoms with Gasteiger partial charge in [0.2, 0.25) is 0 Å². The smallest absolute Gasteiger partial charge is 0.337 e. The van der Waals surface area contributed by atoms with Crippen molar-refractivity contribution < 1.29 is 19.7 Å². The van der Waals surface area contributed by atoms with E-state index < -0.39 is 5.97 Å². The number of hydrogen-bond acceptors (Lipinski definition) is 5. The van der Waals surface area contributed by atoms with E-state index in [2.05, 4.69) is 9.88 Å². The summed E-state index contributed by atoms with van der Waals surface area (Å²) in [7, 11) is 0. The van der Waals surface area contributed by atoms with E-state index >= 15 is 0 Å². The SMILES string of the molecule is O=C(O)c1ccc(CN2CCC(OCCO)CC2)nc1. The van der Waals surface area contributed by atoms with Crippen molar-refractivity contribution in [1.82, 2.24) is 9.88 Å². The number of pyridine rings is 1. The lowest BCUT2D eigenvalue weighted by molar-refractivity contribution is -0.00919. The van der Waals surface area contributed by atoms with Crippen LogP contribution in [0.4, 0.5) is 0 Å². The van der Waals surface area contributed by atoms with E-state index in [0.717, 1.165) is 38.2 Å². The van der Waals surface area contributed by atoms with E-state index in [1.807, 2.05) is 0 Å². The van der Waals surface area contributed by atoms with Crippen LogP contribution in [0.2, 0.25) is 0 Å². The molecule has 0 aromatic carbocycles. The van der Waals surface area contributed by atoms with Gasteiger partial charge in [0, 0.05) is 25.8 Å². The number of aromatic carboxylic acids is 1. The molecule has 0 unspecified atom stereocenters. The molecule has 110 valence electrons. The van der Waals surface area contributed by atoms with Crippen LogP contribution in [0.15, 0.2) is 18.3 Å². The zero-order chi connectivity index (χ0) is 14.4. The Morgan fingerprint density at radius 1 is 1.40 bits per heavy atom. The first-order valence-electron chi connectivity index (χ1n) is 6.82. The van der Waals surface area contributed by atoms with Gasteiger partial charge in [0.25, 0.3) is 0 Å². The summed E-state index contributed by atoms with van der Waals surface area (Å²) in [6, 6.07) is 3.35. The molecular formula is C14H20N2O4. The quantitative estimate of drug-likeness (QED) is 0.800. The maximum Gasteiger partial charge on any atom is 0.337 e. The highest BCUT2D eigenvalue weighted by molar-refractivity contribution is 5.87. The van der Waals surface area contributed by atoms with Crippen molar-refractivity contribution in [2.45, 2.75) is 25.5 Å². The molecular weight excluding hydrogens is 260 g/mol. The molecule has 2 rings (SSSR count). The van der Waals surface area contributed by atoms with E-state index in [1.165, 1.54) is 6.20 Å². The Hall–Kier alpha value is -1.50. The van der Waals surface area contributed by atoms with Crippen molar-refractivity contribution in [3.8, 4) is 0 Å². The van der Waals surface area contributed by atoms with Gasteiger partial charge >= 0.3 is 5.97 Å². The van der Waals surface area contributed by atoms with E-state index in [1.54, 1.807) is 12.1 Å². The number of carbonyl (C=O) groups is 1. The fraction of sp³-hybridized carbons (Fsp3) is 0.571. The lowest BCUT2D eigenvalue weighted by Gasteiger charge is -2.31. The highest BCUT2D eigenvalue weighted by Crippen LogP contribution is 2.15. The largest absolute Gasteiger partial charge is 0.478 e. The zero-order valence-electron chi connectivity index (χ0n) is 11.4. The molecule has 1 aliphatic heterocycles. The molecule has 0 spiro atoms. The highest BCUT2D eigenvalue weighted by Gasteiger charge is 2.19. The molecule has 1 aromatic heterocycles. The van der Waals surface area contributed by atoms with Crippen LogP contribution < -0.4 is 0 Å². The minimum Gasteiger partial charge on any atom is -0.478 e. The first kappa shape index (κ1) is 14.9. The third-order valence-corrected chi connectivity index (χ3v) is 3.44. The van der Waals surface area contributed by atoms with Crippen molar-refractivity contribution >= 4 is 5.97 Å². The number of hydrogen-bond donors (Lipinski definition) is 2. The first-order valence-corrected chi connectivity index (χ1v) is 6.82. The van der Waals surface area contributed by atoms with Crippen molar-refractivity contribution in [2.24, 2.45) is 0 Å². The number of piperidine rings is 1. The minimum atomic E-state index is -0.953. The van der Waals surface area contributed by atoms with Gasteiger partial charge in [-0.2, -0.15) is 0 Å². The van der Waals surface area contributed by atoms with Crippen molar-refractivity contribution in [3.63, 3.8) is 0 Å². The van der Waals surface area contributed by atoms with Crippen LogP contribution in [-0.4, -0.2) is 58.5 Å². The third kappa shape index (κ3) is 4.26. The Morgan fingerprint density at radius 3 is 2.70 bits per heavy atom. The molecule has 2 heterocycles. The van der Waals surface area contributed by atoms with Gasteiger partial charge in [-0.05, 0) is 25.0 Å². The van der Waals surface area contributed by atoms with Crippen LogP contribution in [0.1, 0.15) is 28.9 Å². The fourth-order valence-electron chi connectivity index (χ4n) is 2.33. The average molecular weight is 280 g/mol. The second-order valence-electron chi connectivity index (χ2n) is 4.91. The minimum absolute atomic E-state index is 0.0695. The number of carboxylic acid groups (broad SMARTS) is 1. The summed E-state index contributed by atoms with van der Waals surface area (Å²) in [5.41, 5.74) is 1.09. The molecule has 1 aliphatic rings. The number of aromatic nitrogens is 1. The van der Waals surface area contributed by atoms with E-state index in [4.69, 9.17) is 14.9 Å². The van der Waals surface area contributed by atoms with Gasteiger partial charge in [0.15, 0.2) is 0 Å². The predicted octanol–water partition coefficient (Wildman–Crippen LogP) is 0.753. The maximum atomic E-state index is 10.7. The Morgan fingerprint density at radius 2 is 2.15 bits per heavy atom. The van der Waals surface area contributed by atoms with Crippen LogP contribution >= 0.6 is 0 Å². The molecule has 6 nitrogen and oxygen atoms in total. The number of carboxylic acids is 1. The molecule has 0 aliphatic carbocycles. The molecule has 1 saturated heterocycles. The van der Waals surface area contributed by atoms with Gasteiger partial charge in [-0.25, -0.2) is 4.79 Å². The number of nitrogens with zero attached hydrogens (tertiary/aromatic N) is 2. The number of rotatable bonds is 6. The summed E-state index contributed by atoms with van der Waals surface area (Å²) in [4.78, 5) is 17.2. The van der Waals surface area contributed by atoms with Crippen molar-refractivity contribution in [2.75, 3.05) is 26.3 Å². The van der Waals surface area contributed by atoms with E-state index in [9.17, 15) is 4.79 Å². The van der Waals surface area contributed by atoms with Gasteiger partial charge in [0.1, 0.15) is 0 Å². The number of likely N-dealkylation sites (tertiary alicyclic amines) is 1. The molecule has 0 amide bonds. The summed E-state index contributed by atoms with van der Waals surface area (Å²) >= 11 is 0. The van der Waals surface area contributed by atoms with E-state index in [-0.39, 0.29) is 18.3 Å². The molecule has 0 saturated carbocycles. The molecule has 20 heavy (non-hydrogen) atoms. The molecule has 1 fully saturated rings. The number of ether oxygens (including phenoxy) is 1. The predicted molar refractivity (Wildman–Crippen MR) is 72.5 cm³/mol. The third-order valence-electron chi connectivity index (χ3n) is 3.44. The normalized spacial score (nSPS) is 17.2. The first-order chi connectivity index (χ1) is 9.69. The van der Waals surface area contributed by atoms with Gasteiger partial charge in [-0.15, -0.1) is 0 Å². The van der Waals surface area contributed by atoms with Gasteiger partial charge in [-0.1, -0.05) is 0 Å². The molecule has 0 radical (unpaired) electrons. The molecule has 6 heteroatoms. The summed E-state index contributed by atoms with van der Waals surface area (Å²) in [5, 5.41) is 17.5. The average Bonchev–Trinajstić information content (AvgIpc) is 2.47. The monoisotopic (exact) mass is 280 g/mol. The van der Waals surface area contributed by atoms with Gasteiger partial charge in [-0.3, -0.25) is 9.88 Å². The lowest BCUT2D eigenvalue weighted by atomic mass is 10.1. The second-order valence-corrected chi connectivity index (χ2v) is 4.91. The maximum absolute atomic E-state index is 10.7. The van der Waals surface area contributed by atoms with Crippen LogP contribution in [-0.2, 0) is 11.3 Å². The van der Waals surface area contributed by atoms with Crippen molar-refractivity contribution in [3.05, 3.63) is 29.6 Å². The Bertz CT molecular complexity index is 427. The van der Waals surface area contributed by atoms with E-state index in [0.29, 0.717) is 6.61 Å². The topological polar surface area (TPSA) is 82.9 Å². The Labute approximate surface area is 118 Å². The molecule has 0 bridgehead atoms. The lowest BCUT2D eigenvalue weighted by Crippen LogP contribution is -2.37. The van der Waals surface area contributed by atoms with Crippen molar-refractivity contribution in [1.29, 1.82) is 0 Å². The molecule has 0 atom stereocenters. The highest BCUT2D eigenvalue weighted by atomic mass is 16.5. The summed E-state index contributed by atoms with van der Waals surface area (Å²) in [6.07, 6.45) is 3.54. The fourth-order valence-corrected chi connectivity index (χ4v) is 2.33. The Balaban J connectivity index is 1.79. The van der Waals surface area contributed by atoms with Crippen LogP contribution in [0, 0.1) is 0 Å². The van der Waals surface area contributed by atoms with Crippen LogP contribution in [0.25, 0.3) is 0 Å². The van der Waals surface area contributed by atoms with Gasteiger partial charge in [0.05, 0.1) is 30.6 Å². The Kier molecular flexibility index (Phi) is 5.46. The summed E-state index contributed by atoms with van der Waals surface area (Å²) in [6.45, 7) is 3.06. The zero-order valence-corrected chi connectivity index (χ0v) is 11.4. The summed E-state index contributed by atoms with van der Waals surface area (Å²) < 4.78 is 5.52. The summed E-state index contributed by atoms with van der Waals surface area (Å²) in [5.74, 6) is -0.953. The number of aliphatic hydroxyl groups is 1. The standard InChI is InChI=1S/C14H20N2O4/c17-7-8-20-13-3-5-16(6-4-13)10-12-2-1-11(9-15-12)14(18)19/h1-2,9,13,17H,3-8,10H2,(H,18,19). The molecule has 2 N–H and O–H groups in total. The number of aliphatic hydroxyl groups excluding tert-OH is 1. The molecule has 1 aromatic rings. The van der Waals surface area contributed by atoms with Crippen LogP contribution in [0.5, 0.6) is 0 Å². The van der Waals surface area contributed by atoms with Crippen LogP contribution in [0.3, 0.4) is 0 Å². The van der Waals surface area contributed by atoms with Gasteiger partial charge < -0.3 is 14.9 Å². The second kappa shape index (κ2) is 7.33.